The number of nitrogens with two attached hydrogens (primary N) is 1. The van der Waals surface area contributed by atoms with Crippen LogP contribution in [0.25, 0.3) is 10.9 Å². The molecule has 130 valence electrons. The van der Waals surface area contributed by atoms with Gasteiger partial charge in [-0.05, 0) is 35.7 Å². The van der Waals surface area contributed by atoms with Gasteiger partial charge in [-0.15, -0.1) is 0 Å². The first-order chi connectivity index (χ1) is 12.1. The summed E-state index contributed by atoms with van der Waals surface area (Å²) in [6.45, 7) is 0.498. The van der Waals surface area contributed by atoms with Gasteiger partial charge >= 0.3 is 0 Å². The van der Waals surface area contributed by atoms with Gasteiger partial charge in [-0.3, -0.25) is 4.79 Å². The molecule has 5 heteroatoms. The molecular formula is C20H23N3O2. The van der Waals surface area contributed by atoms with Crippen LogP contribution in [0.5, 0.6) is 5.75 Å². The van der Waals surface area contributed by atoms with E-state index in [1.807, 2.05) is 54.7 Å². The topological polar surface area (TPSA) is 71.3 Å². The van der Waals surface area contributed by atoms with Gasteiger partial charge in [-0.2, -0.15) is 0 Å². The SMILES string of the molecule is COc1cccc(CN(C)C(=O)[C@@H](N)Cc2c[nH]c3ccccc23)c1. The number of nitrogens with zero attached hydrogens (tertiary/aromatic N) is 1. The Labute approximate surface area is 147 Å². The normalized spacial score (nSPS) is 12.1. The summed E-state index contributed by atoms with van der Waals surface area (Å²) in [4.78, 5) is 17.5. The Hall–Kier alpha value is -2.79. The van der Waals surface area contributed by atoms with Crippen LogP contribution in [0, 0.1) is 0 Å². The lowest BCUT2D eigenvalue weighted by Crippen LogP contribution is -2.42. The van der Waals surface area contributed by atoms with Crippen LogP contribution >= 0.6 is 0 Å². The maximum atomic E-state index is 12.6. The number of amides is 1. The Bertz CT molecular complexity index is 872. The fraction of sp³-hybridized carbons (Fsp3) is 0.250. The summed E-state index contributed by atoms with van der Waals surface area (Å²) in [5.41, 5.74) is 9.31. The Kier molecular flexibility index (Phi) is 5.05. The highest BCUT2D eigenvalue weighted by atomic mass is 16.5. The molecule has 1 atom stereocenters. The highest BCUT2D eigenvalue weighted by Gasteiger charge is 2.20. The van der Waals surface area contributed by atoms with Crippen LogP contribution in [0.3, 0.4) is 0 Å². The van der Waals surface area contributed by atoms with Gasteiger partial charge in [-0.25, -0.2) is 0 Å². The molecule has 3 aromatic rings. The molecule has 0 spiro atoms. The van der Waals surface area contributed by atoms with Crippen LogP contribution in [0.4, 0.5) is 0 Å². The van der Waals surface area contributed by atoms with Gasteiger partial charge in [0.25, 0.3) is 0 Å². The zero-order valence-electron chi connectivity index (χ0n) is 14.5. The molecule has 2 aromatic carbocycles. The number of benzene rings is 2. The zero-order valence-corrected chi connectivity index (χ0v) is 14.5. The van der Waals surface area contributed by atoms with Crippen molar-refractivity contribution < 1.29 is 9.53 Å². The van der Waals surface area contributed by atoms with E-state index >= 15 is 0 Å². The minimum atomic E-state index is -0.574. The summed E-state index contributed by atoms with van der Waals surface area (Å²) in [5.74, 6) is 0.703. The van der Waals surface area contributed by atoms with Gasteiger partial charge < -0.3 is 20.4 Å². The number of hydrogen-bond donors (Lipinski definition) is 2. The van der Waals surface area contributed by atoms with Gasteiger partial charge in [0, 0.05) is 30.7 Å². The minimum Gasteiger partial charge on any atom is -0.497 e. The van der Waals surface area contributed by atoms with E-state index < -0.39 is 6.04 Å². The first-order valence-corrected chi connectivity index (χ1v) is 8.27. The minimum absolute atomic E-state index is 0.0758. The van der Waals surface area contributed by atoms with Crippen LogP contribution in [0.1, 0.15) is 11.1 Å². The number of nitrogens with one attached hydrogen (secondary N) is 1. The second-order valence-electron chi connectivity index (χ2n) is 6.22. The van der Waals surface area contributed by atoms with E-state index in [0.29, 0.717) is 13.0 Å². The number of aromatic amines is 1. The number of para-hydroxylation sites is 1. The first-order valence-electron chi connectivity index (χ1n) is 8.27. The van der Waals surface area contributed by atoms with Gasteiger partial charge in [0.15, 0.2) is 0 Å². The largest absolute Gasteiger partial charge is 0.497 e. The fourth-order valence-corrected chi connectivity index (χ4v) is 3.03. The van der Waals surface area contributed by atoms with Crippen molar-refractivity contribution in [2.45, 2.75) is 19.0 Å². The first kappa shape index (κ1) is 17.0. The standard InChI is InChI=1S/C20H23N3O2/c1-23(13-14-6-5-7-16(10-14)25-2)20(24)18(21)11-15-12-22-19-9-4-3-8-17(15)19/h3-10,12,18,22H,11,13,21H2,1-2H3/t18-/m0/s1. The van der Waals surface area contributed by atoms with E-state index in [9.17, 15) is 4.79 Å². The maximum absolute atomic E-state index is 12.6. The summed E-state index contributed by atoms with van der Waals surface area (Å²) in [6.07, 6.45) is 2.44. The second-order valence-corrected chi connectivity index (χ2v) is 6.22. The van der Waals surface area contributed by atoms with E-state index in [1.54, 1.807) is 19.1 Å². The molecule has 0 bridgehead atoms. The smallest absolute Gasteiger partial charge is 0.239 e. The second kappa shape index (κ2) is 7.40. The number of hydrogen-bond acceptors (Lipinski definition) is 3. The highest BCUT2D eigenvalue weighted by Crippen LogP contribution is 2.19. The van der Waals surface area contributed by atoms with Gasteiger partial charge in [0.1, 0.15) is 5.75 Å². The lowest BCUT2D eigenvalue weighted by Gasteiger charge is -2.21. The van der Waals surface area contributed by atoms with Crippen molar-refractivity contribution in [3.05, 3.63) is 65.9 Å². The Morgan fingerprint density at radius 3 is 2.84 bits per heavy atom. The van der Waals surface area contributed by atoms with Crippen molar-refractivity contribution in [1.82, 2.24) is 9.88 Å². The lowest BCUT2D eigenvalue weighted by atomic mass is 10.0. The predicted molar refractivity (Wildman–Crippen MR) is 99.4 cm³/mol. The summed E-state index contributed by atoms with van der Waals surface area (Å²) in [7, 11) is 3.40. The highest BCUT2D eigenvalue weighted by molar-refractivity contribution is 5.86. The molecule has 25 heavy (non-hydrogen) atoms. The van der Waals surface area contributed by atoms with Crippen LogP contribution in [-0.4, -0.2) is 36.0 Å². The quantitative estimate of drug-likeness (QED) is 0.726. The molecule has 1 amide bonds. The monoisotopic (exact) mass is 337 g/mol. The lowest BCUT2D eigenvalue weighted by molar-refractivity contribution is -0.131. The summed E-state index contributed by atoms with van der Waals surface area (Å²) < 4.78 is 5.22. The average Bonchev–Trinajstić information content (AvgIpc) is 3.04. The molecular weight excluding hydrogens is 314 g/mol. The van der Waals surface area contributed by atoms with E-state index in [1.165, 1.54) is 0 Å². The predicted octanol–water partition coefficient (Wildman–Crippen LogP) is 2.70. The Morgan fingerprint density at radius 1 is 1.24 bits per heavy atom. The summed E-state index contributed by atoms with van der Waals surface area (Å²) in [5, 5.41) is 1.11. The molecule has 0 unspecified atom stereocenters. The third kappa shape index (κ3) is 3.83. The summed E-state index contributed by atoms with van der Waals surface area (Å²) >= 11 is 0. The molecule has 1 heterocycles. The third-order valence-corrected chi connectivity index (χ3v) is 4.36. The number of H-pyrrole nitrogens is 1. The summed E-state index contributed by atoms with van der Waals surface area (Å²) in [6, 6.07) is 15.1. The van der Waals surface area contributed by atoms with Crippen LogP contribution in [0.2, 0.25) is 0 Å². The van der Waals surface area contributed by atoms with Crippen molar-refractivity contribution in [3.8, 4) is 5.75 Å². The number of aromatic nitrogens is 1. The fourth-order valence-electron chi connectivity index (χ4n) is 3.03. The van der Waals surface area contributed by atoms with Gasteiger partial charge in [0.2, 0.25) is 5.91 Å². The average molecular weight is 337 g/mol. The molecule has 1 aromatic heterocycles. The van der Waals surface area contributed by atoms with Crippen molar-refractivity contribution >= 4 is 16.8 Å². The van der Waals surface area contributed by atoms with E-state index in [2.05, 4.69) is 4.98 Å². The number of rotatable bonds is 6. The van der Waals surface area contributed by atoms with Crippen LogP contribution in [0.15, 0.2) is 54.7 Å². The van der Waals surface area contributed by atoms with Gasteiger partial charge in [0.05, 0.1) is 13.2 Å². The molecule has 0 aliphatic rings. The third-order valence-electron chi connectivity index (χ3n) is 4.36. The Balaban J connectivity index is 1.67. The Morgan fingerprint density at radius 2 is 2.04 bits per heavy atom. The van der Waals surface area contributed by atoms with Crippen molar-refractivity contribution in [2.75, 3.05) is 14.2 Å². The number of methoxy groups -OCH3 is 1. The molecule has 0 radical (unpaired) electrons. The number of likely N-dealkylation sites (N-methyl/N-ethyl adjacent to an activating group) is 1. The van der Waals surface area contributed by atoms with Crippen molar-refractivity contribution in [2.24, 2.45) is 5.73 Å². The molecule has 0 fully saturated rings. The molecule has 5 nitrogen and oxygen atoms in total. The van der Waals surface area contributed by atoms with Crippen molar-refractivity contribution in [3.63, 3.8) is 0 Å². The number of carbonyl (C=O) groups excluding carboxylic acids is 1. The molecule has 3 rings (SSSR count). The number of fused-ring (bicyclic) bond motifs is 1. The van der Waals surface area contributed by atoms with E-state index in [-0.39, 0.29) is 5.91 Å². The van der Waals surface area contributed by atoms with E-state index in [4.69, 9.17) is 10.5 Å². The number of ether oxygens (including phenoxy) is 1. The van der Waals surface area contributed by atoms with Gasteiger partial charge in [-0.1, -0.05) is 30.3 Å². The number of carbonyl (C=O) groups is 1. The maximum Gasteiger partial charge on any atom is 0.239 e. The zero-order chi connectivity index (χ0) is 17.8. The molecule has 0 aliphatic carbocycles. The van der Waals surface area contributed by atoms with Crippen LogP contribution < -0.4 is 10.5 Å². The van der Waals surface area contributed by atoms with Crippen LogP contribution in [-0.2, 0) is 17.8 Å². The van der Waals surface area contributed by atoms with Crippen molar-refractivity contribution in [1.29, 1.82) is 0 Å². The molecule has 0 aliphatic heterocycles. The molecule has 0 saturated heterocycles. The van der Waals surface area contributed by atoms with E-state index in [0.717, 1.165) is 27.8 Å². The molecule has 3 N–H and O–H groups in total. The molecule has 0 saturated carbocycles.